The highest BCUT2D eigenvalue weighted by molar-refractivity contribution is 7.82. The lowest BCUT2D eigenvalue weighted by molar-refractivity contribution is -0.642. The van der Waals surface area contributed by atoms with Gasteiger partial charge in [0, 0.05) is 0 Å². The zero-order valence-corrected chi connectivity index (χ0v) is 27.0. The number of hydrogen-bond acceptors (Lipinski definition) is 6. The Bertz CT molecular complexity index is 607. The Kier molecular flexibility index (Phi) is 24.9. The molecule has 0 saturated heterocycles. The number of rotatable bonds is 26. The van der Waals surface area contributed by atoms with Crippen molar-refractivity contribution in [3.05, 3.63) is 0 Å². The van der Waals surface area contributed by atoms with E-state index < -0.39 is 17.9 Å². The smallest absolute Gasteiger partial charge is 0.320 e. The average Bonchev–Trinajstić information content (AvgIpc) is 2.88. The Labute approximate surface area is 246 Å². The van der Waals surface area contributed by atoms with Crippen LogP contribution in [-0.4, -0.2) is 48.1 Å². The largest absolute Gasteiger partial charge is 0.466 e. The monoisotopic (exact) mass is 574 g/mol. The van der Waals surface area contributed by atoms with Gasteiger partial charge in [-0.3, -0.25) is 9.59 Å². The molecule has 0 heterocycles. The van der Waals surface area contributed by atoms with Gasteiger partial charge in [0.05, 0.1) is 46.5 Å². The van der Waals surface area contributed by atoms with Gasteiger partial charge in [-0.2, -0.15) is 0 Å². The number of ether oxygens (including phenoxy) is 2. The number of unbranched alkanes of at least 4 members (excludes halogenated alkanes) is 18. The summed E-state index contributed by atoms with van der Waals surface area (Å²) in [6.07, 6.45) is 24.4. The summed E-state index contributed by atoms with van der Waals surface area (Å²) in [5, 5.41) is 0. The lowest BCUT2D eigenvalue weighted by atomic mass is 10.0. The molecule has 0 aromatic rings. The third-order valence-electron chi connectivity index (χ3n) is 7.00. The van der Waals surface area contributed by atoms with E-state index in [1.165, 1.54) is 103 Å². The number of esters is 2. The van der Waals surface area contributed by atoms with Crippen molar-refractivity contribution in [2.24, 2.45) is 5.92 Å². The first-order chi connectivity index (χ1) is 18.2. The van der Waals surface area contributed by atoms with Crippen LogP contribution >= 0.6 is 25.0 Å². The summed E-state index contributed by atoms with van der Waals surface area (Å²) >= 11 is 9.99. The average molecular weight is 575 g/mol. The van der Waals surface area contributed by atoms with Crippen LogP contribution in [-0.2, 0) is 19.1 Å². The maximum Gasteiger partial charge on any atom is 0.320 e. The van der Waals surface area contributed by atoms with Crippen molar-refractivity contribution in [2.45, 2.75) is 149 Å². The van der Waals surface area contributed by atoms with Crippen molar-refractivity contribution in [1.29, 1.82) is 0 Å². The molecule has 5 nitrogen and oxygen atoms in total. The molecule has 7 heteroatoms. The molecule has 0 aliphatic heterocycles. The lowest BCUT2D eigenvalue weighted by Gasteiger charge is -2.25. The highest BCUT2D eigenvalue weighted by Crippen LogP contribution is 2.20. The van der Waals surface area contributed by atoms with Gasteiger partial charge in [0.15, 0.2) is 10.9 Å². The fourth-order valence-electron chi connectivity index (χ4n) is 4.52. The van der Waals surface area contributed by atoms with Gasteiger partial charge in [0.1, 0.15) is 0 Å². The highest BCUT2D eigenvalue weighted by atomic mass is 32.1. The third kappa shape index (κ3) is 22.2. The number of carbonyl (C=O) groups is 2. The minimum atomic E-state index is -0.819. The molecule has 0 aromatic heterocycles. The Hall–Kier alpha value is -0.660. The summed E-state index contributed by atoms with van der Waals surface area (Å²) in [5.41, 5.74) is 0. The molecule has 0 bridgehead atoms. The molecule has 1 unspecified atom stereocenters. The summed E-state index contributed by atoms with van der Waals surface area (Å²) < 4.78 is 11.0. The molecule has 224 valence electrons. The Balaban J connectivity index is 4.16. The number of thiocarbonyl (C=S) groups is 1. The predicted octanol–water partition coefficient (Wildman–Crippen LogP) is 9.17. The topological polar surface area (TPSA) is 52.6 Å². The van der Waals surface area contributed by atoms with E-state index in [-0.39, 0.29) is 10.3 Å². The van der Waals surface area contributed by atoms with E-state index in [0.717, 1.165) is 25.7 Å². The van der Waals surface area contributed by atoms with Crippen LogP contribution < -0.4 is 0 Å². The molecule has 0 rings (SSSR count). The van der Waals surface area contributed by atoms with Gasteiger partial charge in [-0.25, -0.2) is 3.89 Å². The van der Waals surface area contributed by atoms with Gasteiger partial charge in [-0.05, 0) is 25.1 Å². The molecule has 0 N–H and O–H groups in total. The van der Waals surface area contributed by atoms with Crippen molar-refractivity contribution < 1.29 is 23.0 Å². The van der Waals surface area contributed by atoms with Crippen LogP contribution in [0.4, 0.5) is 0 Å². The van der Waals surface area contributed by atoms with Crippen molar-refractivity contribution in [3.63, 3.8) is 0 Å². The molecule has 1 atom stereocenters. The third-order valence-corrected chi connectivity index (χ3v) is 8.09. The van der Waals surface area contributed by atoms with E-state index >= 15 is 0 Å². The molecule has 0 radical (unpaired) electrons. The Morgan fingerprint density at radius 1 is 0.632 bits per heavy atom. The van der Waals surface area contributed by atoms with Crippen LogP contribution in [0.25, 0.3) is 0 Å². The van der Waals surface area contributed by atoms with E-state index in [4.69, 9.17) is 21.7 Å². The molecule has 0 aliphatic carbocycles. The number of nitrogens with zero attached hydrogens (tertiary/aromatic N) is 1. The second kappa shape index (κ2) is 25.3. The summed E-state index contributed by atoms with van der Waals surface area (Å²) in [7, 11) is 3.56. The molecule has 38 heavy (non-hydrogen) atoms. The molecule has 0 aromatic carbocycles. The molecular formula is C31H60NO4S2+. The first kappa shape index (κ1) is 37.3. The van der Waals surface area contributed by atoms with Crippen LogP contribution in [0, 0.1) is 5.92 Å². The molecular weight excluding hydrogens is 514 g/mol. The van der Waals surface area contributed by atoms with Gasteiger partial charge >= 0.3 is 11.9 Å². The minimum absolute atomic E-state index is 0.0269. The zero-order chi connectivity index (χ0) is 28.5. The van der Waals surface area contributed by atoms with E-state index in [1.807, 2.05) is 0 Å². The van der Waals surface area contributed by atoms with Gasteiger partial charge < -0.3 is 9.47 Å². The van der Waals surface area contributed by atoms with E-state index in [0.29, 0.717) is 18.2 Å². The van der Waals surface area contributed by atoms with Gasteiger partial charge in [0.25, 0.3) is 0 Å². The second-order valence-corrected chi connectivity index (χ2v) is 12.7. The van der Waals surface area contributed by atoms with Gasteiger partial charge in [0.2, 0.25) is 0 Å². The van der Waals surface area contributed by atoms with Crippen LogP contribution in [0.3, 0.4) is 0 Å². The van der Waals surface area contributed by atoms with Crippen molar-refractivity contribution in [2.75, 3.05) is 27.3 Å². The van der Waals surface area contributed by atoms with E-state index in [2.05, 4.69) is 26.7 Å². The van der Waals surface area contributed by atoms with Crippen molar-refractivity contribution in [3.8, 4) is 0 Å². The Morgan fingerprint density at radius 3 is 1.34 bits per heavy atom. The minimum Gasteiger partial charge on any atom is -0.466 e. The van der Waals surface area contributed by atoms with Crippen LogP contribution in [0.2, 0.25) is 0 Å². The summed E-state index contributed by atoms with van der Waals surface area (Å²) in [6.45, 7) is 5.24. The number of hydrogen-bond donors (Lipinski definition) is 1. The summed E-state index contributed by atoms with van der Waals surface area (Å²) in [5.74, 6) is -1.66. The molecule has 0 saturated carbocycles. The lowest BCUT2D eigenvalue weighted by Crippen LogP contribution is -2.43. The van der Waals surface area contributed by atoms with Crippen LogP contribution in [0.15, 0.2) is 0 Å². The molecule has 0 aliphatic rings. The van der Waals surface area contributed by atoms with E-state index in [9.17, 15) is 9.59 Å². The SMILES string of the molecule is CCCCCCCCCCCCOC(=O)CC(C(=O)OCCCCCCCCCCCC)C(=S)[N+](C)(C)S. The predicted molar refractivity (Wildman–Crippen MR) is 167 cm³/mol. The van der Waals surface area contributed by atoms with Crippen LogP contribution in [0.5, 0.6) is 0 Å². The number of thiol groups is 1. The van der Waals surface area contributed by atoms with Crippen molar-refractivity contribution >= 4 is 42.0 Å². The molecule has 0 spiro atoms. The van der Waals surface area contributed by atoms with Gasteiger partial charge in [-0.1, -0.05) is 129 Å². The highest BCUT2D eigenvalue weighted by Gasteiger charge is 2.37. The standard InChI is InChI=1S/C31H60NO4S2/c1-5-7-9-11-13-15-17-19-21-23-25-35-29(33)27-28(30(37)32(3,4)38)31(34)36-26-24-22-20-18-16-14-12-10-8-6-2/h28,38H,5-27H2,1-4H3/q+1. The van der Waals surface area contributed by atoms with E-state index in [1.54, 1.807) is 14.1 Å². The first-order valence-electron chi connectivity index (χ1n) is 15.7. The fourth-order valence-corrected chi connectivity index (χ4v) is 4.84. The zero-order valence-electron chi connectivity index (χ0n) is 25.3. The summed E-state index contributed by atoms with van der Waals surface area (Å²) in [6, 6.07) is 0. The molecule has 0 amide bonds. The number of carbonyl (C=O) groups excluding carboxylic acids is 2. The normalized spacial score (nSPS) is 12.3. The quantitative estimate of drug-likeness (QED) is 0.0367. The maximum atomic E-state index is 12.8. The fraction of sp³-hybridized carbons (Fsp3) is 0.903. The van der Waals surface area contributed by atoms with Gasteiger partial charge in [-0.15, -0.1) is 0 Å². The summed E-state index contributed by atoms with van der Waals surface area (Å²) in [4.78, 5) is 25.7. The Morgan fingerprint density at radius 2 is 0.974 bits per heavy atom. The second-order valence-electron chi connectivity index (χ2n) is 11.2. The van der Waals surface area contributed by atoms with Crippen molar-refractivity contribution in [1.82, 2.24) is 0 Å². The number of quaternary nitrogens is 1. The van der Waals surface area contributed by atoms with Crippen LogP contribution in [0.1, 0.15) is 149 Å². The maximum absolute atomic E-state index is 12.8. The first-order valence-corrected chi connectivity index (χ1v) is 16.5. The molecule has 0 fully saturated rings.